The predicted molar refractivity (Wildman–Crippen MR) is 203 cm³/mol. The van der Waals surface area contributed by atoms with Gasteiger partial charge in [0.2, 0.25) is 11.5 Å². The summed E-state index contributed by atoms with van der Waals surface area (Å²) in [6, 6.07) is 28.5. The molecular formula is C44H56O7. The SMILES string of the molecule is CCCCCCOc1cc([C@@H]2CC[C@H](c3cc(OCCCCCC)c(OC)c(OCc4ccccc4)c3)O2)cc(OCc2ccccc2)c1OC. The lowest BCUT2D eigenvalue weighted by Gasteiger charge is -2.21. The predicted octanol–water partition coefficient (Wildman–Crippen LogP) is 11.4. The number of unbranched alkanes of at least 4 members (excludes halogenated alkanes) is 6. The van der Waals surface area contributed by atoms with E-state index in [1.165, 1.54) is 25.7 Å². The fraction of sp³-hybridized carbons (Fsp3) is 0.455. The lowest BCUT2D eigenvalue weighted by Crippen LogP contribution is -2.07. The molecule has 1 heterocycles. The van der Waals surface area contributed by atoms with Crippen molar-refractivity contribution in [1.82, 2.24) is 0 Å². The third kappa shape index (κ3) is 11.1. The summed E-state index contributed by atoms with van der Waals surface area (Å²) in [6.07, 6.45) is 10.3. The van der Waals surface area contributed by atoms with Crippen LogP contribution in [0.5, 0.6) is 34.5 Å². The molecule has 0 radical (unpaired) electrons. The van der Waals surface area contributed by atoms with E-state index < -0.39 is 0 Å². The van der Waals surface area contributed by atoms with Crippen molar-refractivity contribution in [2.24, 2.45) is 0 Å². The van der Waals surface area contributed by atoms with Gasteiger partial charge in [-0.25, -0.2) is 0 Å². The number of rotatable bonds is 22. The number of ether oxygens (including phenoxy) is 7. The third-order valence-electron chi connectivity index (χ3n) is 9.24. The zero-order chi connectivity index (χ0) is 35.7. The molecule has 2 atom stereocenters. The molecule has 0 aromatic heterocycles. The van der Waals surface area contributed by atoms with Crippen molar-refractivity contribution in [1.29, 1.82) is 0 Å². The fourth-order valence-corrected chi connectivity index (χ4v) is 6.42. The topological polar surface area (TPSA) is 64.6 Å². The molecule has 4 aromatic carbocycles. The van der Waals surface area contributed by atoms with Crippen LogP contribution in [0.3, 0.4) is 0 Å². The van der Waals surface area contributed by atoms with Crippen LogP contribution < -0.4 is 28.4 Å². The van der Waals surface area contributed by atoms with Gasteiger partial charge in [0.15, 0.2) is 23.0 Å². The molecule has 0 aliphatic carbocycles. The second-order valence-electron chi connectivity index (χ2n) is 13.2. The molecular weight excluding hydrogens is 640 g/mol. The smallest absolute Gasteiger partial charge is 0.203 e. The van der Waals surface area contributed by atoms with Gasteiger partial charge in [-0.15, -0.1) is 0 Å². The third-order valence-corrected chi connectivity index (χ3v) is 9.24. The minimum atomic E-state index is -0.156. The van der Waals surface area contributed by atoms with Crippen LogP contribution in [0.25, 0.3) is 0 Å². The molecule has 7 heteroatoms. The van der Waals surface area contributed by atoms with Crippen LogP contribution in [0.2, 0.25) is 0 Å². The maximum Gasteiger partial charge on any atom is 0.203 e. The van der Waals surface area contributed by atoms with Crippen LogP contribution in [0.4, 0.5) is 0 Å². The number of benzene rings is 4. The average molecular weight is 697 g/mol. The number of methoxy groups -OCH3 is 2. The van der Waals surface area contributed by atoms with Crippen molar-refractivity contribution in [3.05, 3.63) is 107 Å². The van der Waals surface area contributed by atoms with E-state index in [-0.39, 0.29) is 12.2 Å². The van der Waals surface area contributed by atoms with Gasteiger partial charge in [0.05, 0.1) is 39.6 Å². The molecule has 4 aromatic rings. The Labute approximate surface area is 305 Å². The monoisotopic (exact) mass is 696 g/mol. The molecule has 5 rings (SSSR count). The van der Waals surface area contributed by atoms with Crippen LogP contribution >= 0.6 is 0 Å². The van der Waals surface area contributed by atoms with Crippen molar-refractivity contribution in [2.45, 2.75) is 103 Å². The molecule has 0 bridgehead atoms. The highest BCUT2D eigenvalue weighted by Gasteiger charge is 2.31. The first-order valence-corrected chi connectivity index (χ1v) is 18.8. The largest absolute Gasteiger partial charge is 0.490 e. The minimum absolute atomic E-state index is 0.156. The van der Waals surface area contributed by atoms with Crippen molar-refractivity contribution in [2.75, 3.05) is 27.4 Å². The van der Waals surface area contributed by atoms with E-state index in [2.05, 4.69) is 50.2 Å². The summed E-state index contributed by atoms with van der Waals surface area (Å²) >= 11 is 0. The Balaban J connectivity index is 1.39. The highest BCUT2D eigenvalue weighted by atomic mass is 16.5. The van der Waals surface area contributed by atoms with Gasteiger partial charge in [0, 0.05) is 0 Å². The Kier molecular flexibility index (Phi) is 15.2. The molecule has 0 spiro atoms. The van der Waals surface area contributed by atoms with Crippen LogP contribution in [-0.2, 0) is 18.0 Å². The summed E-state index contributed by atoms with van der Waals surface area (Å²) in [5, 5.41) is 0. The van der Waals surface area contributed by atoms with Gasteiger partial charge in [0.1, 0.15) is 13.2 Å². The van der Waals surface area contributed by atoms with E-state index in [0.717, 1.165) is 60.8 Å². The van der Waals surface area contributed by atoms with E-state index >= 15 is 0 Å². The van der Waals surface area contributed by atoms with Crippen LogP contribution in [0.15, 0.2) is 84.9 Å². The van der Waals surface area contributed by atoms with Gasteiger partial charge in [-0.2, -0.15) is 0 Å². The molecule has 0 N–H and O–H groups in total. The van der Waals surface area contributed by atoms with Gasteiger partial charge in [0.25, 0.3) is 0 Å². The second kappa shape index (κ2) is 20.5. The van der Waals surface area contributed by atoms with Gasteiger partial charge in [-0.05, 0) is 72.2 Å². The zero-order valence-electron chi connectivity index (χ0n) is 31.0. The first-order chi connectivity index (χ1) is 25.1. The molecule has 0 unspecified atom stereocenters. The first kappa shape index (κ1) is 37.9. The lowest BCUT2D eigenvalue weighted by molar-refractivity contribution is 0.0433. The fourth-order valence-electron chi connectivity index (χ4n) is 6.42. The second-order valence-corrected chi connectivity index (χ2v) is 13.2. The molecule has 0 saturated carbocycles. The Morgan fingerprint density at radius 1 is 0.510 bits per heavy atom. The summed E-state index contributed by atoms with van der Waals surface area (Å²) in [5.41, 5.74) is 4.17. The van der Waals surface area contributed by atoms with Crippen LogP contribution in [0.1, 0.15) is 113 Å². The molecule has 274 valence electrons. The Hall–Kier alpha value is -4.36. The summed E-state index contributed by atoms with van der Waals surface area (Å²) < 4.78 is 44.1. The quantitative estimate of drug-likeness (QED) is 0.0758. The van der Waals surface area contributed by atoms with Crippen molar-refractivity contribution >= 4 is 0 Å². The Morgan fingerprint density at radius 3 is 1.27 bits per heavy atom. The summed E-state index contributed by atoms with van der Waals surface area (Å²) in [4.78, 5) is 0. The van der Waals surface area contributed by atoms with Gasteiger partial charge < -0.3 is 33.2 Å². The molecule has 1 fully saturated rings. The molecule has 7 nitrogen and oxygen atoms in total. The van der Waals surface area contributed by atoms with Crippen molar-refractivity contribution < 1.29 is 33.2 Å². The van der Waals surface area contributed by atoms with E-state index in [0.29, 0.717) is 60.9 Å². The van der Waals surface area contributed by atoms with Crippen LogP contribution in [-0.4, -0.2) is 27.4 Å². The molecule has 51 heavy (non-hydrogen) atoms. The minimum Gasteiger partial charge on any atom is -0.490 e. The molecule has 1 saturated heterocycles. The normalized spacial score (nSPS) is 15.4. The Bertz CT molecular complexity index is 1470. The molecule has 0 amide bonds. The molecule has 1 aliphatic heterocycles. The lowest BCUT2D eigenvalue weighted by atomic mass is 10.0. The highest BCUT2D eigenvalue weighted by molar-refractivity contribution is 5.56. The number of hydrogen-bond donors (Lipinski definition) is 0. The number of hydrogen-bond acceptors (Lipinski definition) is 7. The average Bonchev–Trinajstić information content (AvgIpc) is 3.67. The van der Waals surface area contributed by atoms with E-state index in [1.807, 2.05) is 48.5 Å². The first-order valence-electron chi connectivity index (χ1n) is 18.8. The summed E-state index contributed by atoms with van der Waals surface area (Å²) in [6.45, 7) is 6.50. The van der Waals surface area contributed by atoms with Gasteiger partial charge in [-0.3, -0.25) is 0 Å². The van der Waals surface area contributed by atoms with Crippen molar-refractivity contribution in [3.8, 4) is 34.5 Å². The Morgan fingerprint density at radius 2 is 0.902 bits per heavy atom. The van der Waals surface area contributed by atoms with E-state index in [4.69, 9.17) is 33.2 Å². The zero-order valence-corrected chi connectivity index (χ0v) is 31.0. The van der Waals surface area contributed by atoms with Crippen molar-refractivity contribution in [3.63, 3.8) is 0 Å². The summed E-state index contributed by atoms with van der Waals surface area (Å²) in [7, 11) is 3.34. The maximum atomic E-state index is 6.84. The highest BCUT2D eigenvalue weighted by Crippen LogP contribution is 2.49. The summed E-state index contributed by atoms with van der Waals surface area (Å²) in [5.74, 6) is 3.87. The standard InChI is InChI=1S/C44H56O7/c1-5-7-9-17-25-47-39-27-35(29-41(43(39)45-3)49-31-33-19-13-11-14-20-33)37-23-24-38(51-37)36-28-40(48-26-18-10-8-6-2)44(46-4)42(30-36)50-32-34-21-15-12-16-22-34/h11-16,19-22,27-30,37-38H,5-10,17-18,23-26,31-32H2,1-4H3/t37-,38+. The van der Waals surface area contributed by atoms with Gasteiger partial charge in [-0.1, -0.05) is 113 Å². The van der Waals surface area contributed by atoms with E-state index in [9.17, 15) is 0 Å². The van der Waals surface area contributed by atoms with Gasteiger partial charge >= 0.3 is 0 Å². The maximum absolute atomic E-state index is 6.84. The van der Waals surface area contributed by atoms with Crippen LogP contribution in [0, 0.1) is 0 Å². The van der Waals surface area contributed by atoms with E-state index in [1.54, 1.807) is 14.2 Å². The molecule has 1 aliphatic rings.